The van der Waals surface area contributed by atoms with Crippen molar-refractivity contribution in [3.63, 3.8) is 0 Å². The highest BCUT2D eigenvalue weighted by molar-refractivity contribution is 6.29. The number of anilines is 1. The number of rotatable bonds is 4. The van der Waals surface area contributed by atoms with E-state index < -0.39 is 0 Å². The third-order valence-corrected chi connectivity index (χ3v) is 2.42. The van der Waals surface area contributed by atoms with Crippen molar-refractivity contribution in [3.8, 4) is 0 Å². The molecule has 4 nitrogen and oxygen atoms in total. The molecule has 0 aliphatic carbocycles. The van der Waals surface area contributed by atoms with Crippen LogP contribution in [-0.4, -0.2) is 15.9 Å². The Bertz CT molecular complexity index is 322. The standard InChI is InChI=1S/C10H14ClN3O/c1-3-7(4-2)10(15)14-9-6-12-8(11)5-13-9/h5-7H,3-4H2,1-2H3,(H,13,14,15). The summed E-state index contributed by atoms with van der Waals surface area (Å²) in [7, 11) is 0. The molecule has 5 heteroatoms. The lowest BCUT2D eigenvalue weighted by Crippen LogP contribution is -2.22. The molecular formula is C10H14ClN3O. The Morgan fingerprint density at radius 3 is 2.53 bits per heavy atom. The molecule has 1 aromatic rings. The molecule has 0 saturated carbocycles. The van der Waals surface area contributed by atoms with Gasteiger partial charge in [-0.2, -0.15) is 0 Å². The van der Waals surface area contributed by atoms with Crippen molar-refractivity contribution in [1.29, 1.82) is 0 Å². The second-order valence-electron chi connectivity index (χ2n) is 3.23. The molecule has 1 aromatic heterocycles. The van der Waals surface area contributed by atoms with Gasteiger partial charge in [-0.15, -0.1) is 0 Å². The molecule has 0 saturated heterocycles. The zero-order valence-corrected chi connectivity index (χ0v) is 9.58. The van der Waals surface area contributed by atoms with Crippen LogP contribution in [0.4, 0.5) is 5.82 Å². The average molecular weight is 228 g/mol. The number of hydrogen-bond acceptors (Lipinski definition) is 3. The van der Waals surface area contributed by atoms with E-state index in [1.165, 1.54) is 12.4 Å². The first-order valence-electron chi connectivity index (χ1n) is 4.95. The van der Waals surface area contributed by atoms with E-state index in [4.69, 9.17) is 11.6 Å². The lowest BCUT2D eigenvalue weighted by molar-refractivity contribution is -0.120. The van der Waals surface area contributed by atoms with E-state index in [9.17, 15) is 4.79 Å². The van der Waals surface area contributed by atoms with Crippen LogP contribution in [0.3, 0.4) is 0 Å². The van der Waals surface area contributed by atoms with E-state index in [2.05, 4.69) is 15.3 Å². The third kappa shape index (κ3) is 3.47. The molecule has 0 fully saturated rings. The highest BCUT2D eigenvalue weighted by Crippen LogP contribution is 2.11. The molecule has 82 valence electrons. The smallest absolute Gasteiger partial charge is 0.228 e. The molecule has 1 N–H and O–H groups in total. The van der Waals surface area contributed by atoms with Crippen molar-refractivity contribution in [2.45, 2.75) is 26.7 Å². The quantitative estimate of drug-likeness (QED) is 0.860. The van der Waals surface area contributed by atoms with Crippen LogP contribution >= 0.6 is 11.6 Å². The molecular weight excluding hydrogens is 214 g/mol. The SMILES string of the molecule is CCC(CC)C(=O)Nc1cnc(Cl)cn1. The number of nitrogens with one attached hydrogen (secondary N) is 1. The first-order chi connectivity index (χ1) is 7.17. The van der Waals surface area contributed by atoms with Crippen LogP contribution in [0, 0.1) is 5.92 Å². The van der Waals surface area contributed by atoms with Gasteiger partial charge >= 0.3 is 0 Å². The lowest BCUT2D eigenvalue weighted by atomic mass is 10.0. The van der Waals surface area contributed by atoms with Crippen LogP contribution in [-0.2, 0) is 4.79 Å². The maximum Gasteiger partial charge on any atom is 0.228 e. The molecule has 1 heterocycles. The number of amides is 1. The number of nitrogens with zero attached hydrogens (tertiary/aromatic N) is 2. The van der Waals surface area contributed by atoms with Crippen LogP contribution in [0.2, 0.25) is 5.15 Å². The summed E-state index contributed by atoms with van der Waals surface area (Å²) in [4.78, 5) is 19.4. The first kappa shape index (κ1) is 11.9. The fraction of sp³-hybridized carbons (Fsp3) is 0.500. The topological polar surface area (TPSA) is 54.9 Å². The van der Waals surface area contributed by atoms with Gasteiger partial charge in [-0.3, -0.25) is 4.79 Å². The summed E-state index contributed by atoms with van der Waals surface area (Å²) in [6, 6.07) is 0. The Kier molecular flexibility index (Phi) is 4.49. The summed E-state index contributed by atoms with van der Waals surface area (Å²) in [5.74, 6) is 0.454. The summed E-state index contributed by atoms with van der Waals surface area (Å²) in [5.41, 5.74) is 0. The Morgan fingerprint density at radius 1 is 1.40 bits per heavy atom. The normalized spacial score (nSPS) is 10.4. The van der Waals surface area contributed by atoms with Gasteiger partial charge in [-0.1, -0.05) is 25.4 Å². The van der Waals surface area contributed by atoms with E-state index in [1.807, 2.05) is 13.8 Å². The van der Waals surface area contributed by atoms with Gasteiger partial charge < -0.3 is 5.32 Å². The van der Waals surface area contributed by atoms with E-state index in [-0.39, 0.29) is 11.8 Å². The van der Waals surface area contributed by atoms with E-state index in [0.29, 0.717) is 11.0 Å². The van der Waals surface area contributed by atoms with Gasteiger partial charge in [-0.05, 0) is 12.8 Å². The molecule has 0 radical (unpaired) electrons. The van der Waals surface area contributed by atoms with Crippen molar-refractivity contribution in [2.75, 3.05) is 5.32 Å². The largest absolute Gasteiger partial charge is 0.309 e. The summed E-state index contributed by atoms with van der Waals surface area (Å²) in [6.45, 7) is 3.97. The third-order valence-electron chi connectivity index (χ3n) is 2.23. The zero-order valence-electron chi connectivity index (χ0n) is 8.83. The highest BCUT2D eigenvalue weighted by Gasteiger charge is 2.14. The summed E-state index contributed by atoms with van der Waals surface area (Å²) in [5, 5.41) is 3.02. The molecule has 0 aromatic carbocycles. The Balaban J connectivity index is 2.61. The molecule has 0 aliphatic rings. The Labute approximate surface area is 94.1 Å². The predicted molar refractivity (Wildman–Crippen MR) is 59.7 cm³/mol. The van der Waals surface area contributed by atoms with Crippen molar-refractivity contribution in [2.24, 2.45) is 5.92 Å². The molecule has 0 atom stereocenters. The van der Waals surface area contributed by atoms with Gasteiger partial charge in [0.2, 0.25) is 5.91 Å². The minimum Gasteiger partial charge on any atom is -0.309 e. The minimum absolute atomic E-state index is 0.0170. The van der Waals surface area contributed by atoms with Crippen molar-refractivity contribution < 1.29 is 4.79 Å². The summed E-state index contributed by atoms with van der Waals surface area (Å²) >= 11 is 5.58. The zero-order chi connectivity index (χ0) is 11.3. The van der Waals surface area contributed by atoms with Crippen molar-refractivity contribution in [3.05, 3.63) is 17.5 Å². The number of carbonyl (C=O) groups is 1. The van der Waals surface area contributed by atoms with Gasteiger partial charge in [-0.25, -0.2) is 9.97 Å². The van der Waals surface area contributed by atoms with Crippen LogP contribution in [0.5, 0.6) is 0 Å². The van der Waals surface area contributed by atoms with Crippen molar-refractivity contribution in [1.82, 2.24) is 9.97 Å². The van der Waals surface area contributed by atoms with Crippen LogP contribution in [0.1, 0.15) is 26.7 Å². The minimum atomic E-state index is -0.0170. The van der Waals surface area contributed by atoms with E-state index >= 15 is 0 Å². The second kappa shape index (κ2) is 5.66. The first-order valence-corrected chi connectivity index (χ1v) is 5.33. The molecule has 15 heavy (non-hydrogen) atoms. The molecule has 0 aliphatic heterocycles. The van der Waals surface area contributed by atoms with Gasteiger partial charge in [0.1, 0.15) is 5.15 Å². The number of halogens is 1. The maximum atomic E-state index is 11.6. The Morgan fingerprint density at radius 2 is 2.07 bits per heavy atom. The summed E-state index contributed by atoms with van der Waals surface area (Å²) < 4.78 is 0. The van der Waals surface area contributed by atoms with Gasteiger partial charge in [0.25, 0.3) is 0 Å². The monoisotopic (exact) mass is 227 g/mol. The van der Waals surface area contributed by atoms with Gasteiger partial charge in [0, 0.05) is 5.92 Å². The number of hydrogen-bond donors (Lipinski definition) is 1. The molecule has 0 spiro atoms. The molecule has 1 amide bonds. The van der Waals surface area contributed by atoms with Crippen LogP contribution < -0.4 is 5.32 Å². The van der Waals surface area contributed by atoms with Crippen molar-refractivity contribution >= 4 is 23.3 Å². The second-order valence-corrected chi connectivity index (χ2v) is 3.61. The fourth-order valence-electron chi connectivity index (χ4n) is 1.26. The van der Waals surface area contributed by atoms with Gasteiger partial charge in [0.05, 0.1) is 12.4 Å². The van der Waals surface area contributed by atoms with Crippen LogP contribution in [0.15, 0.2) is 12.4 Å². The summed E-state index contributed by atoms with van der Waals surface area (Å²) in [6.07, 6.45) is 4.50. The molecule has 0 unspecified atom stereocenters. The predicted octanol–water partition coefficient (Wildman–Crippen LogP) is 2.50. The van der Waals surface area contributed by atoms with Crippen LogP contribution in [0.25, 0.3) is 0 Å². The van der Waals surface area contributed by atoms with Gasteiger partial charge in [0.15, 0.2) is 5.82 Å². The fourth-order valence-corrected chi connectivity index (χ4v) is 1.36. The number of aromatic nitrogens is 2. The molecule has 0 bridgehead atoms. The highest BCUT2D eigenvalue weighted by atomic mass is 35.5. The van der Waals surface area contributed by atoms with E-state index in [1.54, 1.807) is 0 Å². The average Bonchev–Trinajstić information content (AvgIpc) is 2.23. The lowest BCUT2D eigenvalue weighted by Gasteiger charge is -2.11. The molecule has 1 rings (SSSR count). The Hall–Kier alpha value is -1.16. The van der Waals surface area contributed by atoms with E-state index in [0.717, 1.165) is 12.8 Å². The number of carbonyl (C=O) groups excluding carboxylic acids is 1. The maximum absolute atomic E-state index is 11.6.